The number of rotatable bonds is 3. The van der Waals surface area contributed by atoms with Gasteiger partial charge in [0.25, 0.3) is 0 Å². The van der Waals surface area contributed by atoms with E-state index >= 15 is 0 Å². The number of aromatic nitrogens is 4. The summed E-state index contributed by atoms with van der Waals surface area (Å²) in [7, 11) is 0. The molecule has 50 heavy (non-hydrogen) atoms. The molecule has 0 radical (unpaired) electrons. The molecule has 0 saturated heterocycles. The number of hydrogen-bond acceptors (Lipinski definition) is 4. The van der Waals surface area contributed by atoms with Gasteiger partial charge in [0.15, 0.2) is 11.4 Å². The van der Waals surface area contributed by atoms with Crippen molar-refractivity contribution in [2.24, 2.45) is 0 Å². The SMILES string of the molecule is c1ccc2cc(-c3nc(-c4ccc(-n5c6ccc7ccccc7c6c6c7ccccc7ccc65)nc4)nc4c3oc3ccccc34)ccc2c1. The summed E-state index contributed by atoms with van der Waals surface area (Å²) in [5.74, 6) is 1.44. The van der Waals surface area contributed by atoms with E-state index in [2.05, 4.69) is 138 Å². The normalized spacial score (nSPS) is 12.0. The highest BCUT2D eigenvalue weighted by Crippen LogP contribution is 2.41. The molecule has 11 rings (SSSR count). The lowest BCUT2D eigenvalue weighted by Crippen LogP contribution is -1.99. The topological polar surface area (TPSA) is 56.7 Å². The first-order valence-electron chi connectivity index (χ1n) is 16.8. The molecule has 0 atom stereocenters. The van der Waals surface area contributed by atoms with E-state index < -0.39 is 0 Å². The molecule has 11 aromatic rings. The lowest BCUT2D eigenvalue weighted by Gasteiger charge is -2.10. The number of para-hydroxylation sites is 1. The Balaban J connectivity index is 1.13. The molecule has 0 saturated carbocycles. The van der Waals surface area contributed by atoms with Crippen molar-refractivity contribution in [2.45, 2.75) is 0 Å². The van der Waals surface area contributed by atoms with Crippen molar-refractivity contribution >= 4 is 76.2 Å². The van der Waals surface area contributed by atoms with Gasteiger partial charge in [0.1, 0.15) is 22.6 Å². The molecule has 232 valence electrons. The minimum Gasteiger partial charge on any atom is -0.452 e. The molecule has 0 aliphatic rings. The third-order valence-electron chi connectivity index (χ3n) is 10.0. The molecule has 5 heteroatoms. The Labute approximate surface area is 285 Å². The van der Waals surface area contributed by atoms with Crippen molar-refractivity contribution in [2.75, 3.05) is 0 Å². The lowest BCUT2D eigenvalue weighted by atomic mass is 10.00. The summed E-state index contributed by atoms with van der Waals surface area (Å²) in [5.41, 5.74) is 7.07. The van der Waals surface area contributed by atoms with E-state index in [0.29, 0.717) is 11.4 Å². The minimum absolute atomic E-state index is 0.602. The smallest absolute Gasteiger partial charge is 0.180 e. The van der Waals surface area contributed by atoms with E-state index in [1.165, 1.54) is 37.7 Å². The summed E-state index contributed by atoms with van der Waals surface area (Å²) >= 11 is 0. The van der Waals surface area contributed by atoms with E-state index in [1.807, 2.05) is 24.4 Å². The van der Waals surface area contributed by atoms with Crippen molar-refractivity contribution in [1.82, 2.24) is 19.5 Å². The lowest BCUT2D eigenvalue weighted by molar-refractivity contribution is 0.667. The van der Waals surface area contributed by atoms with Gasteiger partial charge in [-0.25, -0.2) is 15.0 Å². The molecule has 5 nitrogen and oxygen atoms in total. The van der Waals surface area contributed by atoms with Gasteiger partial charge in [-0.3, -0.25) is 4.57 Å². The second kappa shape index (κ2) is 10.3. The summed E-state index contributed by atoms with van der Waals surface area (Å²) in [6.07, 6.45) is 1.89. The molecular weight excluding hydrogens is 613 g/mol. The van der Waals surface area contributed by atoms with Crippen LogP contribution in [0.25, 0.3) is 105 Å². The molecule has 0 aliphatic carbocycles. The van der Waals surface area contributed by atoms with Gasteiger partial charge in [-0.05, 0) is 74.8 Å². The zero-order valence-electron chi connectivity index (χ0n) is 26.7. The highest BCUT2D eigenvalue weighted by atomic mass is 16.3. The van der Waals surface area contributed by atoms with Crippen LogP contribution in [0.15, 0.2) is 162 Å². The van der Waals surface area contributed by atoms with Crippen LogP contribution < -0.4 is 0 Å². The molecular formula is C45H26N4O. The monoisotopic (exact) mass is 638 g/mol. The molecule has 0 spiro atoms. The van der Waals surface area contributed by atoms with E-state index in [9.17, 15) is 0 Å². The summed E-state index contributed by atoms with van der Waals surface area (Å²) in [6.45, 7) is 0. The van der Waals surface area contributed by atoms with E-state index in [1.54, 1.807) is 0 Å². The van der Waals surface area contributed by atoms with Gasteiger partial charge in [0, 0.05) is 33.5 Å². The van der Waals surface area contributed by atoms with Crippen LogP contribution in [-0.4, -0.2) is 19.5 Å². The van der Waals surface area contributed by atoms with Crippen molar-refractivity contribution in [3.63, 3.8) is 0 Å². The van der Waals surface area contributed by atoms with Crippen molar-refractivity contribution in [1.29, 1.82) is 0 Å². The van der Waals surface area contributed by atoms with Crippen LogP contribution >= 0.6 is 0 Å². The summed E-state index contributed by atoms with van der Waals surface area (Å²) in [6, 6.07) is 53.1. The van der Waals surface area contributed by atoms with Gasteiger partial charge in [0.05, 0.1) is 11.0 Å². The zero-order valence-corrected chi connectivity index (χ0v) is 26.7. The van der Waals surface area contributed by atoms with Crippen LogP contribution in [0.1, 0.15) is 0 Å². The number of pyridine rings is 1. The largest absolute Gasteiger partial charge is 0.452 e. The first kappa shape index (κ1) is 27.1. The molecule has 0 bridgehead atoms. The molecule has 0 amide bonds. The first-order chi connectivity index (χ1) is 24.8. The third-order valence-corrected chi connectivity index (χ3v) is 10.0. The summed E-state index contributed by atoms with van der Waals surface area (Å²) < 4.78 is 8.69. The van der Waals surface area contributed by atoms with Gasteiger partial charge in [0.2, 0.25) is 0 Å². The highest BCUT2D eigenvalue weighted by Gasteiger charge is 2.20. The Bertz CT molecular complexity index is 3060. The fourth-order valence-electron chi connectivity index (χ4n) is 7.70. The quantitative estimate of drug-likeness (QED) is 0.193. The van der Waals surface area contributed by atoms with Crippen molar-refractivity contribution < 1.29 is 4.42 Å². The van der Waals surface area contributed by atoms with Crippen molar-refractivity contribution in [3.05, 3.63) is 158 Å². The van der Waals surface area contributed by atoms with Crippen molar-refractivity contribution in [3.8, 4) is 28.5 Å². The highest BCUT2D eigenvalue weighted by molar-refractivity contribution is 6.28. The maximum absolute atomic E-state index is 6.41. The van der Waals surface area contributed by atoms with E-state index in [0.717, 1.165) is 55.5 Å². The van der Waals surface area contributed by atoms with Gasteiger partial charge < -0.3 is 4.42 Å². The summed E-state index contributed by atoms with van der Waals surface area (Å²) in [5, 5.41) is 10.7. The Hall–Kier alpha value is -6.85. The summed E-state index contributed by atoms with van der Waals surface area (Å²) in [4.78, 5) is 15.3. The van der Waals surface area contributed by atoms with E-state index in [-0.39, 0.29) is 0 Å². The maximum atomic E-state index is 6.41. The minimum atomic E-state index is 0.602. The molecule has 0 unspecified atom stereocenters. The van der Waals surface area contributed by atoms with Gasteiger partial charge in [-0.2, -0.15) is 0 Å². The Morgan fingerprint density at radius 3 is 1.78 bits per heavy atom. The van der Waals surface area contributed by atoms with Crippen LogP contribution in [0.4, 0.5) is 0 Å². The van der Waals surface area contributed by atoms with Gasteiger partial charge in [-0.1, -0.05) is 109 Å². The van der Waals surface area contributed by atoms with Gasteiger partial charge in [-0.15, -0.1) is 0 Å². The number of furan rings is 1. The molecule has 0 fully saturated rings. The Morgan fingerprint density at radius 1 is 0.480 bits per heavy atom. The number of nitrogens with zero attached hydrogens (tertiary/aromatic N) is 4. The second-order valence-corrected chi connectivity index (χ2v) is 12.8. The predicted molar refractivity (Wildman–Crippen MR) is 205 cm³/mol. The van der Waals surface area contributed by atoms with Crippen LogP contribution in [0.2, 0.25) is 0 Å². The van der Waals surface area contributed by atoms with E-state index in [4.69, 9.17) is 19.4 Å². The maximum Gasteiger partial charge on any atom is 0.180 e. The van der Waals surface area contributed by atoms with Gasteiger partial charge >= 0.3 is 0 Å². The second-order valence-electron chi connectivity index (χ2n) is 12.8. The molecule has 0 aliphatic heterocycles. The van der Waals surface area contributed by atoms with Crippen LogP contribution in [-0.2, 0) is 0 Å². The molecule has 4 aromatic heterocycles. The third kappa shape index (κ3) is 3.92. The predicted octanol–water partition coefficient (Wildman–Crippen LogP) is 11.7. The Kier molecular flexibility index (Phi) is 5.60. The fourth-order valence-corrected chi connectivity index (χ4v) is 7.70. The van der Waals surface area contributed by atoms with Crippen LogP contribution in [0.5, 0.6) is 0 Å². The number of benzene rings is 7. The standard InChI is InChI=1S/C45H26N4O/c1-2-12-30-25-31(18-17-27(30)9-1)42-44-43(35-15-7-8-16-38(35)50-44)48-45(47-42)32-21-24-39(46-26-32)49-36-22-19-28-10-3-5-13-33(28)40(36)41-34-14-6-4-11-29(34)20-23-37(41)49/h1-26H. The van der Waals surface area contributed by atoms with Crippen LogP contribution in [0, 0.1) is 0 Å². The average Bonchev–Trinajstić information content (AvgIpc) is 3.74. The zero-order chi connectivity index (χ0) is 32.8. The fraction of sp³-hybridized carbons (Fsp3) is 0. The Morgan fingerprint density at radius 2 is 1.08 bits per heavy atom. The average molecular weight is 639 g/mol. The number of fused-ring (bicyclic) bond motifs is 11. The molecule has 4 heterocycles. The molecule has 7 aromatic carbocycles. The van der Waals surface area contributed by atoms with Crippen LogP contribution in [0.3, 0.4) is 0 Å². The number of hydrogen-bond donors (Lipinski definition) is 0. The first-order valence-corrected chi connectivity index (χ1v) is 16.8. The molecule has 0 N–H and O–H groups in total.